The molecule has 0 aliphatic heterocycles. The number of ether oxygens (including phenoxy) is 1. The summed E-state index contributed by atoms with van der Waals surface area (Å²) in [6.07, 6.45) is 3.67. The summed E-state index contributed by atoms with van der Waals surface area (Å²) in [6.45, 7) is 3.59. The Morgan fingerprint density at radius 3 is 2.43 bits per heavy atom. The van der Waals surface area contributed by atoms with Gasteiger partial charge in [-0.05, 0) is 24.8 Å². The lowest BCUT2D eigenvalue weighted by molar-refractivity contribution is -0.156. The highest BCUT2D eigenvalue weighted by atomic mass is 16.5. The molecule has 2 rings (SSSR count). The summed E-state index contributed by atoms with van der Waals surface area (Å²) in [4.78, 5) is 25.2. The molecule has 2 atom stereocenters. The van der Waals surface area contributed by atoms with Crippen molar-refractivity contribution in [2.75, 3.05) is 0 Å². The van der Waals surface area contributed by atoms with Crippen LogP contribution < -0.4 is 0 Å². The molecular formula is C17H23NO3. The first-order valence-electron chi connectivity index (χ1n) is 7.56. The molecule has 1 aliphatic carbocycles. The predicted octanol–water partition coefficient (Wildman–Crippen LogP) is 2.91. The van der Waals surface area contributed by atoms with Crippen LogP contribution in [-0.2, 0) is 20.9 Å². The second-order valence-corrected chi connectivity index (χ2v) is 5.63. The standard InChI is InChI=1S/C17H23NO3/c1-13(19)18(12-15-8-4-3-5-9-15)16-10-6-7-11-17(16)21-14(2)20/h3-5,8-9,16-17H,6-7,10-12H2,1-2H3/t16-,17-/m1/s1. The van der Waals surface area contributed by atoms with Gasteiger partial charge in [-0.2, -0.15) is 0 Å². The van der Waals surface area contributed by atoms with Crippen LogP contribution in [0.25, 0.3) is 0 Å². The van der Waals surface area contributed by atoms with Crippen LogP contribution in [0.3, 0.4) is 0 Å². The zero-order chi connectivity index (χ0) is 15.2. The molecule has 0 saturated heterocycles. The summed E-state index contributed by atoms with van der Waals surface area (Å²) in [5.41, 5.74) is 1.10. The number of esters is 1. The summed E-state index contributed by atoms with van der Waals surface area (Å²) >= 11 is 0. The molecule has 0 spiro atoms. The Morgan fingerprint density at radius 1 is 1.14 bits per heavy atom. The normalized spacial score (nSPS) is 21.6. The monoisotopic (exact) mass is 289 g/mol. The van der Waals surface area contributed by atoms with Gasteiger partial charge in [0, 0.05) is 20.4 Å². The summed E-state index contributed by atoms with van der Waals surface area (Å²) in [7, 11) is 0. The third-order valence-electron chi connectivity index (χ3n) is 3.99. The fourth-order valence-corrected chi connectivity index (χ4v) is 3.03. The quantitative estimate of drug-likeness (QED) is 0.801. The first-order chi connectivity index (χ1) is 10.1. The van der Waals surface area contributed by atoms with E-state index in [4.69, 9.17) is 4.74 Å². The van der Waals surface area contributed by atoms with Gasteiger partial charge in [0.05, 0.1) is 6.04 Å². The average molecular weight is 289 g/mol. The zero-order valence-corrected chi connectivity index (χ0v) is 12.7. The molecule has 1 amide bonds. The molecule has 0 bridgehead atoms. The van der Waals surface area contributed by atoms with Crippen LogP contribution in [0.4, 0.5) is 0 Å². The van der Waals surface area contributed by atoms with Crippen molar-refractivity contribution in [3.05, 3.63) is 35.9 Å². The van der Waals surface area contributed by atoms with Gasteiger partial charge in [0.1, 0.15) is 6.10 Å². The van der Waals surface area contributed by atoms with E-state index in [0.29, 0.717) is 6.54 Å². The molecule has 0 N–H and O–H groups in total. The minimum absolute atomic E-state index is 0.0136. The lowest BCUT2D eigenvalue weighted by atomic mass is 9.90. The third-order valence-corrected chi connectivity index (χ3v) is 3.99. The first kappa shape index (κ1) is 15.5. The SMILES string of the molecule is CC(=O)O[C@@H]1CCCC[C@H]1N(Cc1ccccc1)C(C)=O. The third kappa shape index (κ3) is 4.31. The number of carbonyl (C=O) groups excluding carboxylic acids is 2. The molecule has 1 aliphatic rings. The van der Waals surface area contributed by atoms with E-state index in [1.165, 1.54) is 6.92 Å². The van der Waals surface area contributed by atoms with Gasteiger partial charge >= 0.3 is 5.97 Å². The second-order valence-electron chi connectivity index (χ2n) is 5.63. The lowest BCUT2D eigenvalue weighted by Gasteiger charge is -2.39. The Balaban J connectivity index is 2.15. The Bertz CT molecular complexity index is 486. The van der Waals surface area contributed by atoms with E-state index in [2.05, 4.69) is 0 Å². The number of amides is 1. The van der Waals surface area contributed by atoms with Crippen LogP contribution in [0.5, 0.6) is 0 Å². The molecule has 1 saturated carbocycles. The van der Waals surface area contributed by atoms with E-state index < -0.39 is 0 Å². The molecule has 21 heavy (non-hydrogen) atoms. The van der Waals surface area contributed by atoms with Gasteiger partial charge < -0.3 is 9.64 Å². The van der Waals surface area contributed by atoms with Crippen LogP contribution in [-0.4, -0.2) is 28.9 Å². The van der Waals surface area contributed by atoms with Crippen LogP contribution >= 0.6 is 0 Å². The maximum absolute atomic E-state index is 12.1. The highest BCUT2D eigenvalue weighted by molar-refractivity contribution is 5.74. The highest BCUT2D eigenvalue weighted by Crippen LogP contribution is 2.27. The summed E-state index contributed by atoms with van der Waals surface area (Å²) in [5.74, 6) is -0.238. The van der Waals surface area contributed by atoms with Crippen LogP contribution in [0.2, 0.25) is 0 Å². The lowest BCUT2D eigenvalue weighted by Crippen LogP contribution is -2.48. The molecule has 4 heteroatoms. The Kier molecular flexibility index (Phi) is 5.37. The molecule has 0 heterocycles. The summed E-state index contributed by atoms with van der Waals surface area (Å²) < 4.78 is 5.44. The number of hydrogen-bond acceptors (Lipinski definition) is 3. The van der Waals surface area contributed by atoms with Crippen molar-refractivity contribution in [3.63, 3.8) is 0 Å². The topological polar surface area (TPSA) is 46.6 Å². The van der Waals surface area contributed by atoms with E-state index in [0.717, 1.165) is 31.2 Å². The van der Waals surface area contributed by atoms with E-state index >= 15 is 0 Å². The van der Waals surface area contributed by atoms with Gasteiger partial charge in [0.25, 0.3) is 0 Å². The molecule has 4 nitrogen and oxygen atoms in total. The van der Waals surface area contributed by atoms with Gasteiger partial charge in [0.15, 0.2) is 0 Å². The number of hydrogen-bond donors (Lipinski definition) is 0. The van der Waals surface area contributed by atoms with Gasteiger partial charge in [-0.25, -0.2) is 0 Å². The summed E-state index contributed by atoms with van der Waals surface area (Å²) in [6, 6.07) is 9.92. The molecule has 1 fully saturated rings. The van der Waals surface area contributed by atoms with E-state index in [9.17, 15) is 9.59 Å². The van der Waals surface area contributed by atoms with E-state index in [1.54, 1.807) is 6.92 Å². The zero-order valence-electron chi connectivity index (χ0n) is 12.7. The average Bonchev–Trinajstić information content (AvgIpc) is 2.46. The number of nitrogens with zero attached hydrogens (tertiary/aromatic N) is 1. The van der Waals surface area contributed by atoms with Crippen LogP contribution in [0.15, 0.2) is 30.3 Å². The van der Waals surface area contributed by atoms with Gasteiger partial charge in [-0.1, -0.05) is 36.8 Å². The van der Waals surface area contributed by atoms with Crippen LogP contribution in [0, 0.1) is 0 Å². The Morgan fingerprint density at radius 2 is 1.81 bits per heavy atom. The molecule has 0 radical (unpaired) electrons. The maximum Gasteiger partial charge on any atom is 0.302 e. The Labute approximate surface area is 126 Å². The van der Waals surface area contributed by atoms with Gasteiger partial charge in [-0.15, -0.1) is 0 Å². The van der Waals surface area contributed by atoms with Crippen molar-refractivity contribution < 1.29 is 14.3 Å². The predicted molar refractivity (Wildman–Crippen MR) is 80.5 cm³/mol. The van der Waals surface area contributed by atoms with Crippen molar-refractivity contribution in [3.8, 4) is 0 Å². The van der Waals surface area contributed by atoms with Crippen LogP contribution in [0.1, 0.15) is 45.1 Å². The minimum Gasteiger partial charge on any atom is -0.460 e. The molecule has 1 aromatic carbocycles. The summed E-state index contributed by atoms with van der Waals surface area (Å²) in [5, 5.41) is 0. The van der Waals surface area contributed by atoms with E-state index in [-0.39, 0.29) is 24.0 Å². The largest absolute Gasteiger partial charge is 0.460 e. The number of benzene rings is 1. The fraction of sp³-hybridized carbons (Fsp3) is 0.529. The first-order valence-corrected chi connectivity index (χ1v) is 7.56. The highest BCUT2D eigenvalue weighted by Gasteiger charge is 2.33. The molecule has 0 aromatic heterocycles. The van der Waals surface area contributed by atoms with E-state index in [1.807, 2.05) is 35.2 Å². The minimum atomic E-state index is -0.268. The molecular weight excluding hydrogens is 266 g/mol. The van der Waals surface area contributed by atoms with Crippen molar-refractivity contribution in [2.24, 2.45) is 0 Å². The number of rotatable bonds is 4. The van der Waals surface area contributed by atoms with Crippen molar-refractivity contribution in [1.82, 2.24) is 4.90 Å². The van der Waals surface area contributed by atoms with Crippen molar-refractivity contribution in [2.45, 2.75) is 58.2 Å². The van der Waals surface area contributed by atoms with Gasteiger partial charge in [0.2, 0.25) is 5.91 Å². The smallest absolute Gasteiger partial charge is 0.302 e. The van der Waals surface area contributed by atoms with Crippen molar-refractivity contribution >= 4 is 11.9 Å². The molecule has 1 aromatic rings. The number of carbonyl (C=O) groups is 2. The second kappa shape index (κ2) is 7.25. The van der Waals surface area contributed by atoms with Crippen molar-refractivity contribution in [1.29, 1.82) is 0 Å². The molecule has 0 unspecified atom stereocenters. The molecule has 114 valence electrons. The maximum atomic E-state index is 12.1. The fourth-order valence-electron chi connectivity index (χ4n) is 3.03. The van der Waals surface area contributed by atoms with Gasteiger partial charge in [-0.3, -0.25) is 9.59 Å². The Hall–Kier alpha value is -1.84.